The van der Waals surface area contributed by atoms with Crippen LogP contribution in [0.4, 0.5) is 5.13 Å². The Kier molecular flexibility index (Phi) is 7.37. The van der Waals surface area contributed by atoms with Crippen LogP contribution in [0, 0.1) is 0 Å². The lowest BCUT2D eigenvalue weighted by Gasteiger charge is -2.13. The largest absolute Gasteiger partial charge is 0.481 e. The van der Waals surface area contributed by atoms with E-state index in [1.165, 1.54) is 11.3 Å². The Labute approximate surface area is 197 Å². The number of ether oxygens (including phenoxy) is 1. The van der Waals surface area contributed by atoms with Gasteiger partial charge in [0.15, 0.2) is 17.5 Å². The minimum atomic E-state index is -0.454. The van der Waals surface area contributed by atoms with Crippen molar-refractivity contribution in [3.8, 4) is 17.0 Å². The quantitative estimate of drug-likeness (QED) is 0.255. The molecule has 0 spiro atoms. The van der Waals surface area contributed by atoms with Gasteiger partial charge in [-0.1, -0.05) is 86.1 Å². The molecule has 0 saturated heterocycles. The van der Waals surface area contributed by atoms with Gasteiger partial charge in [-0.2, -0.15) is 0 Å². The average molecular weight is 561 g/mol. The van der Waals surface area contributed by atoms with E-state index in [0.29, 0.717) is 5.13 Å². The molecule has 1 aromatic heterocycles. The second-order valence-electron chi connectivity index (χ2n) is 5.28. The Bertz CT molecular complexity index is 1030. The fraction of sp³-hybridized carbons (Fsp3) is 0.0588. The molecular weight excluding hydrogens is 553 g/mol. The molecule has 0 aliphatic rings. The molecule has 1 heterocycles. The van der Waals surface area contributed by atoms with Gasteiger partial charge in [0.05, 0.1) is 20.8 Å². The Morgan fingerprint density at radius 3 is 2.36 bits per heavy atom. The number of hydrogen-bond donors (Lipinski definition) is 1. The minimum Gasteiger partial charge on any atom is -0.481 e. The van der Waals surface area contributed by atoms with Crippen LogP contribution >= 0.6 is 85.3 Å². The number of aromatic nitrogens is 1. The number of rotatable bonds is 5. The number of thiazole rings is 1. The Balaban J connectivity index is 1.68. The molecule has 4 nitrogen and oxygen atoms in total. The SMILES string of the molecule is O=C(COc1c(Cl)c(Cl)c(Cl)c(Cl)c1Cl)Nc1nc(-c2cccc(Br)c2)cs1. The lowest BCUT2D eigenvalue weighted by atomic mass is 10.2. The summed E-state index contributed by atoms with van der Waals surface area (Å²) in [6.45, 7) is -0.375. The van der Waals surface area contributed by atoms with E-state index in [9.17, 15) is 4.79 Å². The molecule has 3 rings (SSSR count). The topological polar surface area (TPSA) is 51.2 Å². The highest BCUT2D eigenvalue weighted by molar-refractivity contribution is 9.10. The van der Waals surface area contributed by atoms with E-state index in [1.54, 1.807) is 0 Å². The second kappa shape index (κ2) is 9.39. The third-order valence-corrected chi connectivity index (χ3v) is 6.88. The van der Waals surface area contributed by atoms with Crippen LogP contribution < -0.4 is 10.1 Å². The summed E-state index contributed by atoms with van der Waals surface area (Å²) < 4.78 is 6.33. The van der Waals surface area contributed by atoms with Crippen LogP contribution in [0.25, 0.3) is 11.3 Å². The fourth-order valence-electron chi connectivity index (χ4n) is 2.12. The number of nitrogens with one attached hydrogen (secondary N) is 1. The third kappa shape index (κ3) is 4.87. The third-order valence-electron chi connectivity index (χ3n) is 3.39. The van der Waals surface area contributed by atoms with Crippen molar-refractivity contribution in [2.24, 2.45) is 0 Å². The standard InChI is InChI=1S/C17H8BrCl5N2O2S/c18-8-3-1-2-7(4-8)9-6-28-17(24-9)25-10(26)5-27-16-14(22)12(20)11(19)13(21)15(16)23/h1-4,6H,5H2,(H,24,25,26). The Hall–Kier alpha value is -0.730. The van der Waals surface area contributed by atoms with Gasteiger partial charge < -0.3 is 4.74 Å². The van der Waals surface area contributed by atoms with Crippen LogP contribution in [0.15, 0.2) is 34.1 Å². The molecule has 2 aromatic carbocycles. The predicted molar refractivity (Wildman–Crippen MR) is 121 cm³/mol. The molecule has 28 heavy (non-hydrogen) atoms. The Morgan fingerprint density at radius 1 is 1.07 bits per heavy atom. The van der Waals surface area contributed by atoms with Crippen LogP contribution in [-0.4, -0.2) is 17.5 Å². The first-order chi connectivity index (χ1) is 13.3. The lowest BCUT2D eigenvalue weighted by Crippen LogP contribution is -2.20. The van der Waals surface area contributed by atoms with E-state index in [4.69, 9.17) is 62.7 Å². The normalized spacial score (nSPS) is 10.8. The maximum absolute atomic E-state index is 12.2. The number of anilines is 1. The summed E-state index contributed by atoms with van der Waals surface area (Å²) in [4.78, 5) is 16.6. The highest BCUT2D eigenvalue weighted by atomic mass is 79.9. The number of carbonyl (C=O) groups is 1. The van der Waals surface area contributed by atoms with E-state index in [2.05, 4.69) is 26.2 Å². The molecule has 0 bridgehead atoms. The van der Waals surface area contributed by atoms with Crippen LogP contribution in [0.1, 0.15) is 0 Å². The summed E-state index contributed by atoms with van der Waals surface area (Å²) in [6.07, 6.45) is 0. The van der Waals surface area contributed by atoms with Gasteiger partial charge in [-0.15, -0.1) is 11.3 Å². The number of nitrogens with zero attached hydrogens (tertiary/aromatic N) is 1. The number of hydrogen-bond acceptors (Lipinski definition) is 4. The van der Waals surface area contributed by atoms with E-state index in [1.807, 2.05) is 29.6 Å². The molecule has 11 heteroatoms. The summed E-state index contributed by atoms with van der Waals surface area (Å²) in [6, 6.07) is 7.68. The monoisotopic (exact) mass is 558 g/mol. The Morgan fingerprint density at radius 2 is 1.71 bits per heavy atom. The van der Waals surface area contributed by atoms with Crippen molar-refractivity contribution in [3.63, 3.8) is 0 Å². The van der Waals surface area contributed by atoms with Gasteiger partial charge in [0.25, 0.3) is 5.91 Å². The minimum absolute atomic E-state index is 0.00766. The van der Waals surface area contributed by atoms with Crippen LogP contribution in [-0.2, 0) is 4.79 Å². The number of carbonyl (C=O) groups excluding carboxylic acids is 1. The number of benzene rings is 2. The zero-order valence-electron chi connectivity index (χ0n) is 13.5. The molecule has 146 valence electrons. The number of amides is 1. The first-order valence-electron chi connectivity index (χ1n) is 7.43. The van der Waals surface area contributed by atoms with E-state index < -0.39 is 5.91 Å². The fourth-order valence-corrected chi connectivity index (χ4v) is 4.48. The summed E-state index contributed by atoms with van der Waals surface area (Å²) in [5.74, 6) is -0.476. The molecule has 0 atom stereocenters. The summed E-state index contributed by atoms with van der Waals surface area (Å²) in [5, 5.41) is 4.85. The first kappa shape index (κ1) is 22.0. The molecule has 1 amide bonds. The van der Waals surface area contributed by atoms with Gasteiger partial charge in [-0.05, 0) is 12.1 Å². The second-order valence-corrected chi connectivity index (χ2v) is 8.95. The molecule has 0 saturated carbocycles. The summed E-state index contributed by atoms with van der Waals surface area (Å²) >= 11 is 34.7. The van der Waals surface area contributed by atoms with Crippen molar-refractivity contribution in [2.75, 3.05) is 11.9 Å². The van der Waals surface area contributed by atoms with E-state index in [-0.39, 0.29) is 37.5 Å². The maximum atomic E-state index is 12.2. The van der Waals surface area contributed by atoms with Gasteiger partial charge in [-0.25, -0.2) is 4.98 Å². The van der Waals surface area contributed by atoms with Crippen molar-refractivity contribution in [1.29, 1.82) is 0 Å². The zero-order chi connectivity index (χ0) is 20.4. The molecule has 0 fully saturated rings. The van der Waals surface area contributed by atoms with Gasteiger partial charge in [0, 0.05) is 15.4 Å². The van der Waals surface area contributed by atoms with Gasteiger partial charge in [-0.3, -0.25) is 10.1 Å². The molecule has 0 aliphatic heterocycles. The lowest BCUT2D eigenvalue weighted by molar-refractivity contribution is -0.118. The summed E-state index contributed by atoms with van der Waals surface area (Å²) in [7, 11) is 0. The molecule has 1 N–H and O–H groups in total. The molecule has 3 aromatic rings. The van der Waals surface area contributed by atoms with Crippen molar-refractivity contribution in [2.45, 2.75) is 0 Å². The smallest absolute Gasteiger partial charge is 0.264 e. The van der Waals surface area contributed by atoms with E-state index in [0.717, 1.165) is 15.7 Å². The van der Waals surface area contributed by atoms with Crippen molar-refractivity contribution >= 4 is 96.3 Å². The van der Waals surface area contributed by atoms with Crippen LogP contribution in [0.2, 0.25) is 25.1 Å². The van der Waals surface area contributed by atoms with Crippen LogP contribution in [0.5, 0.6) is 5.75 Å². The molecule has 0 unspecified atom stereocenters. The zero-order valence-corrected chi connectivity index (χ0v) is 19.7. The number of halogens is 6. The van der Waals surface area contributed by atoms with Gasteiger partial charge >= 0.3 is 0 Å². The van der Waals surface area contributed by atoms with Crippen molar-refractivity contribution in [3.05, 3.63) is 59.2 Å². The first-order valence-corrected chi connectivity index (χ1v) is 11.0. The average Bonchev–Trinajstić information content (AvgIpc) is 3.13. The molecular formula is C17H8BrCl5N2O2S. The van der Waals surface area contributed by atoms with E-state index >= 15 is 0 Å². The van der Waals surface area contributed by atoms with Crippen molar-refractivity contribution < 1.29 is 9.53 Å². The van der Waals surface area contributed by atoms with Gasteiger partial charge in [0.1, 0.15) is 10.0 Å². The van der Waals surface area contributed by atoms with Gasteiger partial charge in [0.2, 0.25) is 0 Å². The summed E-state index contributed by atoms with van der Waals surface area (Å²) in [5.41, 5.74) is 1.66. The maximum Gasteiger partial charge on any atom is 0.264 e. The van der Waals surface area contributed by atoms with Crippen LogP contribution in [0.3, 0.4) is 0 Å². The highest BCUT2D eigenvalue weighted by Gasteiger charge is 2.21. The molecule has 0 aliphatic carbocycles. The highest BCUT2D eigenvalue weighted by Crippen LogP contribution is 2.48. The van der Waals surface area contributed by atoms with Crippen molar-refractivity contribution in [1.82, 2.24) is 4.98 Å². The predicted octanol–water partition coefficient (Wildman–Crippen LogP) is 7.86. The molecule has 0 radical (unpaired) electrons.